The number of halogens is 1. The number of rotatable bonds is 4. The van der Waals surface area contributed by atoms with Crippen molar-refractivity contribution in [3.63, 3.8) is 0 Å². The van der Waals surface area contributed by atoms with Gasteiger partial charge in [0.1, 0.15) is 0 Å². The summed E-state index contributed by atoms with van der Waals surface area (Å²) in [6, 6.07) is 12.1. The normalized spacial score (nSPS) is 12.4. The molecule has 0 spiro atoms. The van der Waals surface area contributed by atoms with Crippen molar-refractivity contribution in [1.29, 1.82) is 0 Å². The molecule has 17 heavy (non-hydrogen) atoms. The van der Waals surface area contributed by atoms with E-state index in [1.807, 2.05) is 24.4 Å². The molecule has 0 N–H and O–H groups in total. The molecule has 0 amide bonds. The van der Waals surface area contributed by atoms with Crippen LogP contribution in [0.15, 0.2) is 41.8 Å². The van der Waals surface area contributed by atoms with Gasteiger partial charge >= 0.3 is 0 Å². The van der Waals surface area contributed by atoms with E-state index in [4.69, 9.17) is 11.6 Å². The molecule has 0 aliphatic rings. The summed E-state index contributed by atoms with van der Waals surface area (Å²) in [6.45, 7) is 2.05. The number of hydrogen-bond acceptors (Lipinski definition) is 2. The summed E-state index contributed by atoms with van der Waals surface area (Å²) in [5.41, 5.74) is 2.36. The van der Waals surface area contributed by atoms with Crippen LogP contribution in [-0.2, 0) is 11.2 Å². The monoisotopic (exact) mass is 264 g/mol. The van der Waals surface area contributed by atoms with Gasteiger partial charge in [-0.15, -0.1) is 11.3 Å². The van der Waals surface area contributed by atoms with Crippen LogP contribution in [0.2, 0.25) is 0 Å². The molecule has 0 fully saturated rings. The second-order valence-corrected chi connectivity index (χ2v) is 5.41. The molecule has 1 atom stereocenters. The van der Waals surface area contributed by atoms with E-state index >= 15 is 0 Å². The minimum absolute atomic E-state index is 0.223. The predicted octanol–water partition coefficient (Wildman–Crippen LogP) is 4.15. The van der Waals surface area contributed by atoms with Gasteiger partial charge in [0, 0.05) is 4.88 Å². The van der Waals surface area contributed by atoms with Crippen molar-refractivity contribution in [3.8, 4) is 0 Å². The van der Waals surface area contributed by atoms with E-state index < -0.39 is 0 Å². The molecule has 0 saturated carbocycles. The lowest BCUT2D eigenvalue weighted by Gasteiger charge is -2.10. The first-order valence-electron chi connectivity index (χ1n) is 5.45. The van der Waals surface area contributed by atoms with Crippen LogP contribution in [0.4, 0.5) is 0 Å². The minimum atomic E-state index is -0.284. The average molecular weight is 265 g/mol. The van der Waals surface area contributed by atoms with Crippen molar-refractivity contribution in [3.05, 3.63) is 57.8 Å². The van der Waals surface area contributed by atoms with Crippen molar-refractivity contribution in [1.82, 2.24) is 0 Å². The zero-order valence-corrected chi connectivity index (χ0v) is 11.1. The summed E-state index contributed by atoms with van der Waals surface area (Å²) in [6.07, 6.45) is 0.670. The fraction of sp³-hybridized carbons (Fsp3) is 0.214. The Hall–Kier alpha value is -1.12. The number of thiophene rings is 1. The van der Waals surface area contributed by atoms with Crippen LogP contribution < -0.4 is 0 Å². The van der Waals surface area contributed by atoms with E-state index in [0.717, 1.165) is 10.4 Å². The third-order valence-corrected chi connectivity index (χ3v) is 3.97. The number of carbonyl (C=O) groups excluding carboxylic acids is 1. The van der Waals surface area contributed by atoms with Crippen LogP contribution in [0.25, 0.3) is 0 Å². The van der Waals surface area contributed by atoms with Gasteiger partial charge in [-0.1, -0.05) is 35.9 Å². The molecule has 1 aromatic carbocycles. The zero-order chi connectivity index (χ0) is 12.3. The highest BCUT2D eigenvalue weighted by Gasteiger charge is 2.20. The van der Waals surface area contributed by atoms with E-state index in [1.54, 1.807) is 11.3 Å². The maximum Gasteiger partial charge on any atom is 0.230 e. The standard InChI is InChI=1S/C14H13ClOS/c1-10-4-6-11(7-5-10)9-12(14(15)16)13-3-2-8-17-13/h2-8,12H,9H2,1H3. The summed E-state index contributed by atoms with van der Waals surface area (Å²) >= 11 is 7.26. The predicted molar refractivity (Wildman–Crippen MR) is 72.8 cm³/mol. The van der Waals surface area contributed by atoms with Crippen LogP contribution in [0, 0.1) is 6.92 Å². The first-order valence-corrected chi connectivity index (χ1v) is 6.71. The lowest BCUT2D eigenvalue weighted by molar-refractivity contribution is -0.112. The second kappa shape index (κ2) is 5.48. The maximum absolute atomic E-state index is 11.5. The van der Waals surface area contributed by atoms with Gasteiger partial charge in [-0.05, 0) is 42.0 Å². The van der Waals surface area contributed by atoms with Gasteiger partial charge in [0.25, 0.3) is 0 Å². The van der Waals surface area contributed by atoms with Gasteiger partial charge in [0.2, 0.25) is 5.24 Å². The van der Waals surface area contributed by atoms with Crippen molar-refractivity contribution in [2.75, 3.05) is 0 Å². The highest BCUT2D eigenvalue weighted by Crippen LogP contribution is 2.27. The average Bonchev–Trinajstić information content (AvgIpc) is 2.81. The van der Waals surface area contributed by atoms with Crippen LogP contribution in [0.1, 0.15) is 21.9 Å². The molecule has 1 heterocycles. The molecular weight excluding hydrogens is 252 g/mol. The molecule has 1 nitrogen and oxygen atoms in total. The highest BCUT2D eigenvalue weighted by molar-refractivity contribution is 7.10. The molecule has 3 heteroatoms. The lowest BCUT2D eigenvalue weighted by atomic mass is 9.98. The van der Waals surface area contributed by atoms with Crippen molar-refractivity contribution in [2.24, 2.45) is 0 Å². The third kappa shape index (κ3) is 3.18. The van der Waals surface area contributed by atoms with Crippen molar-refractivity contribution in [2.45, 2.75) is 19.3 Å². The smallest absolute Gasteiger partial charge is 0.230 e. The van der Waals surface area contributed by atoms with Gasteiger partial charge in [-0.25, -0.2) is 0 Å². The molecule has 2 aromatic rings. The Morgan fingerprint density at radius 2 is 2.00 bits per heavy atom. The SMILES string of the molecule is Cc1ccc(CC(C(=O)Cl)c2cccs2)cc1. The topological polar surface area (TPSA) is 17.1 Å². The van der Waals surface area contributed by atoms with E-state index in [-0.39, 0.29) is 11.2 Å². The summed E-state index contributed by atoms with van der Waals surface area (Å²) in [5, 5.41) is 1.69. The summed E-state index contributed by atoms with van der Waals surface area (Å²) in [4.78, 5) is 12.5. The van der Waals surface area contributed by atoms with Gasteiger partial charge in [0.15, 0.2) is 0 Å². The van der Waals surface area contributed by atoms with Gasteiger partial charge in [0.05, 0.1) is 5.92 Å². The molecule has 0 radical (unpaired) electrons. The Kier molecular flexibility index (Phi) is 3.97. The minimum Gasteiger partial charge on any atom is -0.281 e. The van der Waals surface area contributed by atoms with Crippen molar-refractivity contribution >= 4 is 28.2 Å². The van der Waals surface area contributed by atoms with E-state index in [9.17, 15) is 4.79 Å². The van der Waals surface area contributed by atoms with E-state index in [0.29, 0.717) is 6.42 Å². The molecule has 0 aliphatic carbocycles. The number of carbonyl (C=O) groups is 1. The summed E-state index contributed by atoms with van der Waals surface area (Å²) in [7, 11) is 0. The number of benzene rings is 1. The Bertz CT molecular complexity index is 487. The quantitative estimate of drug-likeness (QED) is 0.759. The largest absolute Gasteiger partial charge is 0.281 e. The fourth-order valence-electron chi connectivity index (χ4n) is 1.74. The van der Waals surface area contributed by atoms with Crippen LogP contribution in [0.5, 0.6) is 0 Å². The van der Waals surface area contributed by atoms with Gasteiger partial charge < -0.3 is 0 Å². The Morgan fingerprint density at radius 3 is 2.53 bits per heavy atom. The highest BCUT2D eigenvalue weighted by atomic mass is 35.5. The molecular formula is C14H13ClOS. The molecule has 2 rings (SSSR count). The third-order valence-electron chi connectivity index (χ3n) is 2.72. The number of aryl methyl sites for hydroxylation is 1. The Morgan fingerprint density at radius 1 is 1.29 bits per heavy atom. The maximum atomic E-state index is 11.5. The first-order chi connectivity index (χ1) is 8.16. The molecule has 1 aromatic heterocycles. The van der Waals surface area contributed by atoms with Crippen molar-refractivity contribution < 1.29 is 4.79 Å². The Balaban J connectivity index is 2.19. The van der Waals surface area contributed by atoms with Crippen LogP contribution >= 0.6 is 22.9 Å². The Labute approximate surface area is 110 Å². The summed E-state index contributed by atoms with van der Waals surface area (Å²) < 4.78 is 0. The number of hydrogen-bond donors (Lipinski definition) is 0. The molecule has 0 saturated heterocycles. The molecule has 0 bridgehead atoms. The van der Waals surface area contributed by atoms with Crippen LogP contribution in [0.3, 0.4) is 0 Å². The molecule has 0 aliphatic heterocycles. The second-order valence-electron chi connectivity index (χ2n) is 4.06. The summed E-state index contributed by atoms with van der Waals surface area (Å²) in [5.74, 6) is -0.223. The van der Waals surface area contributed by atoms with E-state index in [2.05, 4.69) is 24.3 Å². The zero-order valence-electron chi connectivity index (χ0n) is 9.52. The lowest BCUT2D eigenvalue weighted by Crippen LogP contribution is -2.08. The van der Waals surface area contributed by atoms with E-state index in [1.165, 1.54) is 5.56 Å². The van der Waals surface area contributed by atoms with Gasteiger partial charge in [-0.3, -0.25) is 4.79 Å². The molecule has 1 unspecified atom stereocenters. The van der Waals surface area contributed by atoms with Gasteiger partial charge in [-0.2, -0.15) is 0 Å². The molecule has 88 valence electrons. The van der Waals surface area contributed by atoms with Crippen LogP contribution in [-0.4, -0.2) is 5.24 Å². The first kappa shape index (κ1) is 12.3. The fourth-order valence-corrected chi connectivity index (χ4v) is 2.83.